The van der Waals surface area contributed by atoms with Crippen molar-refractivity contribution in [2.75, 3.05) is 45.3 Å². The average molecular weight is 475 g/mol. The van der Waals surface area contributed by atoms with E-state index in [1.165, 1.54) is 19.3 Å². The fourth-order valence-electron chi connectivity index (χ4n) is 5.29. The number of nitrogens with zero attached hydrogens (tertiary/aromatic N) is 4. The van der Waals surface area contributed by atoms with Crippen LogP contribution < -0.4 is 14.4 Å². The number of piperazine rings is 1. The van der Waals surface area contributed by atoms with Gasteiger partial charge in [0.05, 0.1) is 26.2 Å². The maximum atomic E-state index is 12.9. The first-order valence-electron chi connectivity index (χ1n) is 12.7. The maximum Gasteiger partial charge on any atom is 0.227 e. The highest BCUT2D eigenvalue weighted by molar-refractivity contribution is 5.92. The lowest BCUT2D eigenvalue weighted by Crippen LogP contribution is -2.49. The van der Waals surface area contributed by atoms with Crippen molar-refractivity contribution in [3.63, 3.8) is 0 Å². The monoisotopic (exact) mass is 474 g/mol. The zero-order chi connectivity index (χ0) is 24.2. The fourth-order valence-corrected chi connectivity index (χ4v) is 5.29. The van der Waals surface area contributed by atoms with Gasteiger partial charge in [-0.05, 0) is 24.5 Å². The number of amides is 1. The second-order valence-corrected chi connectivity index (χ2v) is 9.49. The van der Waals surface area contributed by atoms with E-state index in [2.05, 4.69) is 4.90 Å². The molecule has 2 fully saturated rings. The average Bonchev–Trinajstić information content (AvgIpc) is 2.92. The molecule has 2 aliphatic rings. The van der Waals surface area contributed by atoms with Crippen molar-refractivity contribution in [1.29, 1.82) is 0 Å². The third-order valence-corrected chi connectivity index (χ3v) is 7.30. The summed E-state index contributed by atoms with van der Waals surface area (Å²) in [7, 11) is 3.30. The lowest BCUT2D eigenvalue weighted by Gasteiger charge is -2.36. The molecule has 2 heterocycles. The molecule has 0 radical (unpaired) electrons. The first-order chi connectivity index (χ1) is 17.2. The number of ether oxygens (including phenoxy) is 2. The highest BCUT2D eigenvalue weighted by Gasteiger charge is 2.26. The van der Waals surface area contributed by atoms with Crippen molar-refractivity contribution in [2.24, 2.45) is 0 Å². The normalized spacial score (nSPS) is 17.0. The number of rotatable bonds is 6. The van der Waals surface area contributed by atoms with Crippen LogP contribution in [0.3, 0.4) is 0 Å². The summed E-state index contributed by atoms with van der Waals surface area (Å²) in [5.41, 5.74) is 1.94. The summed E-state index contributed by atoms with van der Waals surface area (Å²) in [6, 6.07) is 13.9. The zero-order valence-corrected chi connectivity index (χ0v) is 20.7. The van der Waals surface area contributed by atoms with Crippen LogP contribution in [0.4, 0.5) is 5.82 Å². The van der Waals surface area contributed by atoms with Gasteiger partial charge in [-0.2, -0.15) is 0 Å². The van der Waals surface area contributed by atoms with Crippen molar-refractivity contribution in [1.82, 2.24) is 14.9 Å². The lowest BCUT2D eigenvalue weighted by atomic mass is 9.88. The van der Waals surface area contributed by atoms with Crippen LogP contribution in [0.25, 0.3) is 10.9 Å². The van der Waals surface area contributed by atoms with Crippen molar-refractivity contribution in [3.8, 4) is 11.5 Å². The second-order valence-electron chi connectivity index (χ2n) is 9.49. The Morgan fingerprint density at radius 1 is 0.914 bits per heavy atom. The van der Waals surface area contributed by atoms with E-state index in [4.69, 9.17) is 19.4 Å². The van der Waals surface area contributed by atoms with Gasteiger partial charge in [0, 0.05) is 43.5 Å². The first-order valence-corrected chi connectivity index (χ1v) is 12.7. The van der Waals surface area contributed by atoms with Gasteiger partial charge in [0.1, 0.15) is 11.6 Å². The number of hydrogen-bond acceptors (Lipinski definition) is 6. The topological polar surface area (TPSA) is 67.8 Å². The van der Waals surface area contributed by atoms with E-state index in [9.17, 15) is 4.79 Å². The Labute approximate surface area is 207 Å². The number of carbonyl (C=O) groups excluding carboxylic acids is 1. The van der Waals surface area contributed by atoms with E-state index in [1.54, 1.807) is 14.2 Å². The molecule has 184 valence electrons. The predicted octanol–water partition coefficient (Wildman–Crippen LogP) is 4.59. The smallest absolute Gasteiger partial charge is 0.227 e. The van der Waals surface area contributed by atoms with Crippen molar-refractivity contribution < 1.29 is 14.3 Å². The Morgan fingerprint density at radius 3 is 2.29 bits per heavy atom. The molecule has 1 saturated carbocycles. The summed E-state index contributed by atoms with van der Waals surface area (Å²) >= 11 is 0. The Balaban J connectivity index is 1.41. The fraction of sp³-hybridized carbons (Fsp3) is 0.464. The molecule has 0 atom stereocenters. The van der Waals surface area contributed by atoms with Crippen LogP contribution >= 0.6 is 0 Å². The van der Waals surface area contributed by atoms with Gasteiger partial charge in [-0.3, -0.25) is 4.79 Å². The van der Waals surface area contributed by atoms with E-state index in [0.29, 0.717) is 36.9 Å². The molecule has 2 aromatic carbocycles. The van der Waals surface area contributed by atoms with Gasteiger partial charge in [0.2, 0.25) is 5.91 Å². The van der Waals surface area contributed by atoms with Gasteiger partial charge in [-0.25, -0.2) is 9.97 Å². The van der Waals surface area contributed by atoms with Crippen molar-refractivity contribution in [2.45, 2.75) is 44.4 Å². The number of benzene rings is 2. The van der Waals surface area contributed by atoms with Gasteiger partial charge in [-0.1, -0.05) is 49.6 Å². The minimum absolute atomic E-state index is 0.178. The molecule has 5 rings (SSSR count). The molecule has 35 heavy (non-hydrogen) atoms. The molecule has 3 aromatic rings. The minimum Gasteiger partial charge on any atom is -0.493 e. The van der Waals surface area contributed by atoms with Crippen LogP contribution in [0.15, 0.2) is 42.5 Å². The molecular formula is C28H34N4O3. The number of methoxy groups -OCH3 is 2. The lowest BCUT2D eigenvalue weighted by molar-refractivity contribution is -0.130. The predicted molar refractivity (Wildman–Crippen MR) is 137 cm³/mol. The maximum absolute atomic E-state index is 12.9. The van der Waals surface area contributed by atoms with Crippen LogP contribution in [0.1, 0.15) is 49.4 Å². The van der Waals surface area contributed by atoms with Crippen LogP contribution in [-0.4, -0.2) is 61.2 Å². The molecule has 1 aliphatic heterocycles. The molecule has 0 spiro atoms. The third kappa shape index (κ3) is 5.04. The van der Waals surface area contributed by atoms with E-state index in [1.807, 2.05) is 47.4 Å². The molecule has 0 bridgehead atoms. The van der Waals surface area contributed by atoms with Crippen LogP contribution in [0.5, 0.6) is 11.5 Å². The number of aromatic nitrogens is 2. The minimum atomic E-state index is 0.178. The van der Waals surface area contributed by atoms with Crippen molar-refractivity contribution in [3.05, 3.63) is 53.9 Å². The largest absolute Gasteiger partial charge is 0.493 e. The molecule has 7 heteroatoms. The van der Waals surface area contributed by atoms with Gasteiger partial charge in [0.15, 0.2) is 11.5 Å². The summed E-state index contributed by atoms with van der Waals surface area (Å²) < 4.78 is 11.1. The molecule has 7 nitrogen and oxygen atoms in total. The Hall–Kier alpha value is -3.35. The van der Waals surface area contributed by atoms with Crippen molar-refractivity contribution >= 4 is 22.6 Å². The molecule has 1 aliphatic carbocycles. The molecule has 1 amide bonds. The Kier molecular flexibility index (Phi) is 7.02. The highest BCUT2D eigenvalue weighted by atomic mass is 16.5. The van der Waals surface area contributed by atoms with E-state index in [-0.39, 0.29) is 5.91 Å². The quantitative estimate of drug-likeness (QED) is 0.521. The summed E-state index contributed by atoms with van der Waals surface area (Å²) in [5, 5.41) is 0.964. The Morgan fingerprint density at radius 2 is 1.60 bits per heavy atom. The number of fused-ring (bicyclic) bond motifs is 1. The van der Waals surface area contributed by atoms with Gasteiger partial charge < -0.3 is 19.3 Å². The molecule has 0 unspecified atom stereocenters. The summed E-state index contributed by atoms with van der Waals surface area (Å²) in [6.07, 6.45) is 6.48. The van der Waals surface area contributed by atoms with Gasteiger partial charge in [0.25, 0.3) is 0 Å². The second kappa shape index (κ2) is 10.5. The van der Waals surface area contributed by atoms with Crippen LogP contribution in [0, 0.1) is 0 Å². The van der Waals surface area contributed by atoms with Crippen LogP contribution in [-0.2, 0) is 11.2 Å². The van der Waals surface area contributed by atoms with E-state index < -0.39 is 0 Å². The summed E-state index contributed by atoms with van der Waals surface area (Å²) in [5.74, 6) is 3.79. The van der Waals surface area contributed by atoms with Gasteiger partial charge in [-0.15, -0.1) is 0 Å². The summed E-state index contributed by atoms with van der Waals surface area (Å²) in [4.78, 5) is 27.3. The molecular weight excluding hydrogens is 440 g/mol. The molecule has 1 saturated heterocycles. The summed E-state index contributed by atoms with van der Waals surface area (Å²) in [6.45, 7) is 2.85. The third-order valence-electron chi connectivity index (χ3n) is 7.30. The first kappa shape index (κ1) is 23.4. The van der Waals surface area contributed by atoms with Gasteiger partial charge >= 0.3 is 0 Å². The number of carbonyl (C=O) groups is 1. The SMILES string of the molecule is COc1cc2nc(C3CCCCC3)nc(N3CCN(C(=O)Cc4ccccc4)CC3)c2cc1OC. The molecule has 0 N–H and O–H groups in total. The van der Waals surface area contributed by atoms with E-state index in [0.717, 1.165) is 54.0 Å². The van der Waals surface area contributed by atoms with Crippen LogP contribution in [0.2, 0.25) is 0 Å². The number of anilines is 1. The zero-order valence-electron chi connectivity index (χ0n) is 20.7. The number of hydrogen-bond donors (Lipinski definition) is 0. The van der Waals surface area contributed by atoms with E-state index >= 15 is 0 Å². The highest BCUT2D eigenvalue weighted by Crippen LogP contribution is 2.38. The molecule has 1 aromatic heterocycles. The Bertz CT molecular complexity index is 1170. The standard InChI is InChI=1S/C28H34N4O3/c1-34-24-18-22-23(19-25(24)35-2)29-27(21-11-7-4-8-12-21)30-28(22)32-15-13-31(14-16-32)26(33)17-20-9-5-3-6-10-20/h3,5-6,9-10,18-19,21H,4,7-8,11-17H2,1-2H3.